The summed E-state index contributed by atoms with van der Waals surface area (Å²) in [5.74, 6) is 0.343. The summed E-state index contributed by atoms with van der Waals surface area (Å²) in [6, 6.07) is 9.62. The second-order valence-corrected chi connectivity index (χ2v) is 10.9. The van der Waals surface area contributed by atoms with Gasteiger partial charge in [-0.05, 0) is 112 Å². The third kappa shape index (κ3) is 6.14. The maximum absolute atomic E-state index is 13.4. The van der Waals surface area contributed by atoms with E-state index in [2.05, 4.69) is 23.2 Å². The topological polar surface area (TPSA) is 15.3 Å². The van der Waals surface area contributed by atoms with Crippen molar-refractivity contribution in [2.75, 3.05) is 32.1 Å². The molecule has 2 atom stereocenters. The van der Waals surface area contributed by atoms with Gasteiger partial charge in [0.1, 0.15) is 5.82 Å². The molecule has 7 heteroatoms. The van der Waals surface area contributed by atoms with Crippen molar-refractivity contribution in [2.45, 2.75) is 70.5 Å². The molecular formula is C29H39F4N2P. The summed E-state index contributed by atoms with van der Waals surface area (Å²) in [5, 5.41) is 3.60. The Morgan fingerprint density at radius 1 is 1.11 bits per heavy atom. The lowest BCUT2D eigenvalue weighted by atomic mass is 9.65. The van der Waals surface area contributed by atoms with Crippen LogP contribution in [0.3, 0.4) is 0 Å². The lowest BCUT2D eigenvalue weighted by Gasteiger charge is -2.53. The van der Waals surface area contributed by atoms with Gasteiger partial charge in [0.25, 0.3) is 0 Å². The van der Waals surface area contributed by atoms with E-state index < -0.39 is 11.7 Å². The first-order valence-corrected chi connectivity index (χ1v) is 14.3. The van der Waals surface area contributed by atoms with E-state index >= 15 is 0 Å². The van der Waals surface area contributed by atoms with Gasteiger partial charge < -0.3 is 5.32 Å². The normalized spacial score (nSPS) is 19.1. The first-order chi connectivity index (χ1) is 17.1. The minimum atomic E-state index is -4.30. The van der Waals surface area contributed by atoms with E-state index in [0.29, 0.717) is 25.7 Å². The van der Waals surface area contributed by atoms with Crippen LogP contribution in [-0.2, 0) is 6.18 Å². The molecule has 2 unspecified atom stereocenters. The van der Waals surface area contributed by atoms with Crippen LogP contribution in [0.5, 0.6) is 0 Å². The van der Waals surface area contributed by atoms with E-state index in [-0.39, 0.29) is 5.82 Å². The molecule has 1 aliphatic carbocycles. The number of nitrogens with zero attached hydrogens (tertiary/aromatic N) is 1. The Kier molecular flexibility index (Phi) is 9.62. The number of halogens is 4. The van der Waals surface area contributed by atoms with Gasteiger partial charge in [-0.1, -0.05) is 33.7 Å². The number of hydrogen-bond donors (Lipinski definition) is 1. The smallest absolute Gasteiger partial charge is 0.388 e. The van der Waals surface area contributed by atoms with Crippen LogP contribution in [0.4, 0.5) is 23.2 Å². The monoisotopic (exact) mass is 522 g/mol. The maximum atomic E-state index is 13.4. The van der Waals surface area contributed by atoms with Crippen LogP contribution in [0.2, 0.25) is 0 Å². The minimum Gasteiger partial charge on any atom is -0.388 e. The molecule has 2 aromatic rings. The van der Waals surface area contributed by atoms with Gasteiger partial charge in [0, 0.05) is 23.8 Å². The minimum absolute atomic E-state index is 0.102. The molecule has 2 nitrogen and oxygen atoms in total. The SMILES string of the molecule is C/C=C(\C)c1c(NC)cc(C(F)(F)F)cc1PC.CC(c1cccc(F)c1)C1(N2CCCC2)CCC1. The van der Waals surface area contributed by atoms with Gasteiger partial charge in [-0.25, -0.2) is 4.39 Å². The molecule has 4 rings (SSSR count). The predicted molar refractivity (Wildman–Crippen MR) is 146 cm³/mol. The van der Waals surface area contributed by atoms with E-state index in [4.69, 9.17) is 0 Å². The van der Waals surface area contributed by atoms with Crippen molar-refractivity contribution in [2.24, 2.45) is 0 Å². The third-order valence-electron chi connectivity index (χ3n) is 7.94. The van der Waals surface area contributed by atoms with Crippen LogP contribution >= 0.6 is 8.58 Å². The van der Waals surface area contributed by atoms with Crippen molar-refractivity contribution in [3.63, 3.8) is 0 Å². The molecule has 2 aliphatic rings. The Bertz CT molecular complexity index is 1030. The molecule has 198 valence electrons. The Morgan fingerprint density at radius 3 is 2.25 bits per heavy atom. The summed E-state index contributed by atoms with van der Waals surface area (Å²) < 4.78 is 51.8. The quantitative estimate of drug-likeness (QED) is 0.305. The predicted octanol–water partition coefficient (Wildman–Crippen LogP) is 8.05. The van der Waals surface area contributed by atoms with Crippen LogP contribution < -0.4 is 10.6 Å². The van der Waals surface area contributed by atoms with E-state index in [9.17, 15) is 17.6 Å². The van der Waals surface area contributed by atoms with Crippen LogP contribution in [0.15, 0.2) is 42.5 Å². The lowest BCUT2D eigenvalue weighted by Crippen LogP contribution is -2.55. The lowest BCUT2D eigenvalue weighted by molar-refractivity contribution is -0.137. The van der Waals surface area contributed by atoms with Crippen LogP contribution in [0.25, 0.3) is 5.57 Å². The summed E-state index contributed by atoms with van der Waals surface area (Å²) in [6.45, 7) is 10.4. The van der Waals surface area contributed by atoms with Gasteiger partial charge in [-0.15, -0.1) is 0 Å². The average molecular weight is 523 g/mol. The highest BCUT2D eigenvalue weighted by molar-refractivity contribution is 7.46. The molecule has 1 aliphatic heterocycles. The summed E-state index contributed by atoms with van der Waals surface area (Å²) in [7, 11) is 1.96. The number of hydrogen-bond acceptors (Lipinski definition) is 2. The Labute approximate surface area is 215 Å². The van der Waals surface area contributed by atoms with Crippen molar-refractivity contribution < 1.29 is 17.6 Å². The molecule has 1 N–H and O–H groups in total. The summed E-state index contributed by atoms with van der Waals surface area (Å²) in [6.07, 6.45) is 4.16. The highest BCUT2D eigenvalue weighted by Crippen LogP contribution is 2.49. The van der Waals surface area contributed by atoms with Crippen LogP contribution in [-0.4, -0.2) is 37.2 Å². The zero-order chi connectivity index (χ0) is 26.5. The molecule has 36 heavy (non-hydrogen) atoms. The Morgan fingerprint density at radius 2 is 1.78 bits per heavy atom. The van der Waals surface area contributed by atoms with E-state index in [1.165, 1.54) is 62.9 Å². The number of benzene rings is 2. The number of anilines is 1. The molecule has 1 heterocycles. The fourth-order valence-corrected chi connectivity index (χ4v) is 6.46. The molecule has 1 saturated carbocycles. The zero-order valence-corrected chi connectivity index (χ0v) is 23.0. The van der Waals surface area contributed by atoms with E-state index in [0.717, 1.165) is 16.4 Å². The second-order valence-electron chi connectivity index (χ2n) is 9.84. The fourth-order valence-electron chi connectivity index (χ4n) is 5.58. The van der Waals surface area contributed by atoms with Gasteiger partial charge in [0.2, 0.25) is 0 Å². The van der Waals surface area contributed by atoms with Crippen molar-refractivity contribution in [1.29, 1.82) is 0 Å². The van der Waals surface area contributed by atoms with Gasteiger partial charge in [0.05, 0.1) is 5.56 Å². The van der Waals surface area contributed by atoms with Crippen molar-refractivity contribution in [1.82, 2.24) is 4.90 Å². The number of rotatable bonds is 6. The van der Waals surface area contributed by atoms with Gasteiger partial charge >= 0.3 is 6.18 Å². The van der Waals surface area contributed by atoms with E-state index in [1.807, 2.05) is 32.7 Å². The molecule has 2 fully saturated rings. The van der Waals surface area contributed by atoms with Crippen molar-refractivity contribution in [3.8, 4) is 0 Å². The average Bonchev–Trinajstić information content (AvgIpc) is 3.36. The van der Waals surface area contributed by atoms with Gasteiger partial charge in [-0.3, -0.25) is 4.90 Å². The number of nitrogens with one attached hydrogen (secondary N) is 1. The standard InChI is InChI=1S/C16H22FN.C13H17F3NP/c1-13(14-6-4-7-15(17)12-14)16(8-5-9-16)18-10-2-3-11-18;1-5-8(2)12-10(17-3)6-9(13(14,15)16)7-11(12)18-4/h4,6-7,12-13H,2-3,5,8-11H2,1H3;5-7,17-18H,1-4H3/b;8-5+. The molecule has 0 aromatic heterocycles. The van der Waals surface area contributed by atoms with Crippen molar-refractivity contribution >= 4 is 25.1 Å². The molecule has 0 radical (unpaired) electrons. The number of alkyl halides is 3. The summed E-state index contributed by atoms with van der Waals surface area (Å²) >= 11 is 0. The van der Waals surface area contributed by atoms with Gasteiger partial charge in [-0.2, -0.15) is 13.2 Å². The fraction of sp³-hybridized carbons (Fsp3) is 0.517. The third-order valence-corrected chi connectivity index (χ3v) is 8.87. The molecular weight excluding hydrogens is 483 g/mol. The molecule has 0 spiro atoms. The highest BCUT2D eigenvalue weighted by Gasteiger charge is 2.47. The summed E-state index contributed by atoms with van der Waals surface area (Å²) in [5.41, 5.74) is 3.30. The molecule has 0 bridgehead atoms. The summed E-state index contributed by atoms with van der Waals surface area (Å²) in [4.78, 5) is 2.67. The van der Waals surface area contributed by atoms with Crippen LogP contribution in [0.1, 0.15) is 75.5 Å². The first-order valence-electron chi connectivity index (χ1n) is 12.8. The number of allylic oxidation sites excluding steroid dienone is 2. The zero-order valence-electron chi connectivity index (χ0n) is 22.0. The largest absolute Gasteiger partial charge is 0.416 e. The Balaban J connectivity index is 0.000000201. The van der Waals surface area contributed by atoms with Crippen molar-refractivity contribution in [3.05, 3.63) is 65.0 Å². The number of likely N-dealkylation sites (tertiary alicyclic amines) is 1. The molecule has 1 saturated heterocycles. The highest BCUT2D eigenvalue weighted by atomic mass is 31.1. The maximum Gasteiger partial charge on any atom is 0.416 e. The van der Waals surface area contributed by atoms with Gasteiger partial charge in [0.15, 0.2) is 0 Å². The second kappa shape index (κ2) is 12.1. The first kappa shape index (κ1) is 28.7. The van der Waals surface area contributed by atoms with E-state index in [1.54, 1.807) is 19.2 Å². The Hall–Kier alpha value is -1.91. The molecule has 0 amide bonds. The molecule has 2 aromatic carbocycles. The van der Waals surface area contributed by atoms with Crippen LogP contribution in [0, 0.1) is 5.82 Å².